The Morgan fingerprint density at radius 3 is 2.24 bits per heavy atom. The van der Waals surface area contributed by atoms with Gasteiger partial charge in [-0.15, -0.1) is 0 Å². The molecule has 7 nitrogen and oxygen atoms in total. The lowest BCUT2D eigenvalue weighted by Crippen LogP contribution is -2.33. The third-order valence-electron chi connectivity index (χ3n) is 7.10. The minimum atomic E-state index is -4.71. The number of fused-ring (bicyclic) bond motifs is 2. The molecule has 1 fully saturated rings. The smallest absolute Gasteiger partial charge is 0.324 e. The molecule has 214 valence electrons. The second-order valence-corrected chi connectivity index (χ2v) is 11.8. The maximum Gasteiger partial charge on any atom is 0.418 e. The van der Waals surface area contributed by atoms with Gasteiger partial charge in [0, 0.05) is 10.8 Å². The highest BCUT2D eigenvalue weighted by molar-refractivity contribution is 8.00. The molecular formula is C29H19F4N3O4S2. The monoisotopic (exact) mass is 613 g/mol. The molecule has 4 aromatic rings. The second kappa shape index (κ2) is 10.6. The number of imide groups is 1. The van der Waals surface area contributed by atoms with Crippen LogP contribution in [0.15, 0.2) is 88.7 Å². The van der Waals surface area contributed by atoms with Crippen molar-refractivity contribution in [2.45, 2.75) is 28.9 Å². The molecule has 2 aliphatic rings. The van der Waals surface area contributed by atoms with Crippen LogP contribution in [0.1, 0.15) is 21.9 Å². The van der Waals surface area contributed by atoms with E-state index in [1.165, 1.54) is 36.4 Å². The number of thioether (sulfide) groups is 1. The van der Waals surface area contributed by atoms with Crippen LogP contribution in [0.5, 0.6) is 0 Å². The highest BCUT2D eigenvalue weighted by Crippen LogP contribution is 2.53. The fraction of sp³-hybridized carbons (Fsp3) is 0.172. The van der Waals surface area contributed by atoms with E-state index in [0.29, 0.717) is 16.1 Å². The minimum absolute atomic E-state index is 0.260. The number of halogens is 4. The van der Waals surface area contributed by atoms with Crippen LogP contribution in [-0.4, -0.2) is 27.5 Å². The second-order valence-electron chi connectivity index (χ2n) is 9.66. The van der Waals surface area contributed by atoms with Gasteiger partial charge in [-0.25, -0.2) is 9.29 Å². The first-order valence-electron chi connectivity index (χ1n) is 12.6. The molecule has 0 spiro atoms. The van der Waals surface area contributed by atoms with Crippen molar-refractivity contribution >= 4 is 52.2 Å². The number of amides is 3. The quantitative estimate of drug-likeness (QED) is 0.237. The van der Waals surface area contributed by atoms with Gasteiger partial charge in [-0.1, -0.05) is 65.6 Å². The lowest BCUT2D eigenvalue weighted by atomic mass is 9.83. The molecule has 0 bridgehead atoms. The van der Waals surface area contributed by atoms with Crippen LogP contribution in [0.25, 0.3) is 0 Å². The van der Waals surface area contributed by atoms with Crippen molar-refractivity contribution in [2.75, 3.05) is 10.2 Å². The SMILES string of the molecule is O=C(Cn1c2c(sc1=O)[C@@H](c1ccc(F)cc1)[C@@H]1C(=O)N(c3ccccc3)C(=O)[C@@H]1S2)Nc1ccccc1C(F)(F)F. The number of aromatic nitrogens is 1. The lowest BCUT2D eigenvalue weighted by Gasteiger charge is -2.30. The van der Waals surface area contributed by atoms with E-state index in [1.54, 1.807) is 30.3 Å². The van der Waals surface area contributed by atoms with Gasteiger partial charge < -0.3 is 5.32 Å². The van der Waals surface area contributed by atoms with Crippen molar-refractivity contribution < 1.29 is 31.9 Å². The summed E-state index contributed by atoms with van der Waals surface area (Å²) in [6.45, 7) is -0.623. The first-order chi connectivity index (χ1) is 20.0. The Balaban J connectivity index is 1.40. The number of para-hydroxylation sites is 2. The van der Waals surface area contributed by atoms with E-state index in [0.717, 1.165) is 44.7 Å². The average molecular weight is 614 g/mol. The van der Waals surface area contributed by atoms with Crippen LogP contribution in [0.2, 0.25) is 0 Å². The Bertz CT molecular complexity index is 1770. The predicted molar refractivity (Wildman–Crippen MR) is 149 cm³/mol. The summed E-state index contributed by atoms with van der Waals surface area (Å²) < 4.78 is 55.3. The summed E-state index contributed by atoms with van der Waals surface area (Å²) in [6, 6.07) is 18.2. The Morgan fingerprint density at radius 1 is 0.881 bits per heavy atom. The van der Waals surface area contributed by atoms with E-state index in [1.807, 2.05) is 0 Å². The number of anilines is 2. The van der Waals surface area contributed by atoms with Gasteiger partial charge >= 0.3 is 11.0 Å². The normalized spacial score (nSPS) is 19.9. The van der Waals surface area contributed by atoms with Crippen molar-refractivity contribution in [3.8, 4) is 0 Å². The van der Waals surface area contributed by atoms with Gasteiger partial charge in [0.1, 0.15) is 17.6 Å². The van der Waals surface area contributed by atoms with Crippen LogP contribution in [0, 0.1) is 11.7 Å². The molecule has 1 N–H and O–H groups in total. The summed E-state index contributed by atoms with van der Waals surface area (Å²) in [5.74, 6) is -4.09. The molecule has 0 radical (unpaired) electrons. The van der Waals surface area contributed by atoms with Crippen LogP contribution >= 0.6 is 23.1 Å². The zero-order valence-electron chi connectivity index (χ0n) is 21.3. The number of carbonyl (C=O) groups excluding carboxylic acids is 3. The number of hydrogen-bond donors (Lipinski definition) is 1. The summed E-state index contributed by atoms with van der Waals surface area (Å²) in [4.78, 5) is 54.5. The van der Waals surface area contributed by atoms with Gasteiger partial charge in [0.25, 0.3) is 0 Å². The number of nitrogens with zero attached hydrogens (tertiary/aromatic N) is 2. The molecule has 2 aliphatic heterocycles. The van der Waals surface area contributed by atoms with Gasteiger partial charge in [0.05, 0.1) is 27.9 Å². The zero-order valence-corrected chi connectivity index (χ0v) is 22.9. The van der Waals surface area contributed by atoms with Gasteiger partial charge in [-0.3, -0.25) is 23.7 Å². The summed E-state index contributed by atoms with van der Waals surface area (Å²) in [5, 5.41) is 1.53. The summed E-state index contributed by atoms with van der Waals surface area (Å²) >= 11 is 1.75. The summed E-state index contributed by atoms with van der Waals surface area (Å²) in [7, 11) is 0. The van der Waals surface area contributed by atoms with Gasteiger partial charge in [0.2, 0.25) is 17.7 Å². The van der Waals surface area contributed by atoms with E-state index in [-0.39, 0.29) is 5.03 Å². The predicted octanol–water partition coefficient (Wildman–Crippen LogP) is 5.50. The number of nitrogens with one attached hydrogen (secondary N) is 1. The standard InChI is InChI=1S/C29H19F4N3O4S2/c30-16-12-10-15(11-13-16)21-22-23(26(39)36(25(22)38)17-6-2-1-3-7-17)41-27-24(21)42-28(40)35(27)14-20(37)34-19-9-5-4-8-18(19)29(31,32)33/h1-13,21-23H,14H2,(H,34,37)/t21-,22-,23+/m0/s1. The molecule has 3 atom stereocenters. The zero-order chi connectivity index (χ0) is 29.8. The van der Waals surface area contributed by atoms with E-state index in [4.69, 9.17) is 0 Å². The first kappa shape index (κ1) is 27.9. The Kier molecular flexibility index (Phi) is 7.01. The number of hydrogen-bond acceptors (Lipinski definition) is 6. The van der Waals surface area contributed by atoms with Crippen LogP contribution in [-0.2, 0) is 27.1 Å². The first-order valence-corrected chi connectivity index (χ1v) is 14.3. The van der Waals surface area contributed by atoms with E-state index < -0.39 is 69.5 Å². The fourth-order valence-corrected chi connectivity index (χ4v) is 8.06. The Labute approximate surface area is 243 Å². The topological polar surface area (TPSA) is 88.5 Å². The van der Waals surface area contributed by atoms with Crippen molar-refractivity contribution in [3.63, 3.8) is 0 Å². The highest BCUT2D eigenvalue weighted by Gasteiger charge is 2.56. The molecule has 13 heteroatoms. The maximum absolute atomic E-state index is 13.8. The third-order valence-corrected chi connectivity index (χ3v) is 9.70. The molecule has 42 heavy (non-hydrogen) atoms. The number of carbonyl (C=O) groups is 3. The van der Waals surface area contributed by atoms with Crippen molar-refractivity contribution in [2.24, 2.45) is 5.92 Å². The molecule has 1 saturated heterocycles. The third kappa shape index (κ3) is 4.81. The molecule has 6 rings (SSSR count). The van der Waals surface area contributed by atoms with Crippen LogP contribution in [0.4, 0.5) is 28.9 Å². The van der Waals surface area contributed by atoms with E-state index in [2.05, 4.69) is 5.32 Å². The lowest BCUT2D eigenvalue weighted by molar-refractivity contribution is -0.137. The fourth-order valence-electron chi connectivity index (χ4n) is 5.29. The molecule has 1 aromatic heterocycles. The molecule has 0 aliphatic carbocycles. The Hall–Kier alpha value is -4.23. The minimum Gasteiger partial charge on any atom is -0.324 e. The van der Waals surface area contributed by atoms with Crippen LogP contribution in [0.3, 0.4) is 0 Å². The van der Waals surface area contributed by atoms with E-state index in [9.17, 15) is 36.7 Å². The maximum atomic E-state index is 13.8. The van der Waals surface area contributed by atoms with Crippen molar-refractivity contribution in [1.82, 2.24) is 4.57 Å². The van der Waals surface area contributed by atoms with Crippen LogP contribution < -0.4 is 15.1 Å². The molecule has 0 unspecified atom stereocenters. The number of alkyl halides is 3. The van der Waals surface area contributed by atoms with Crippen molar-refractivity contribution in [3.05, 3.63) is 110 Å². The largest absolute Gasteiger partial charge is 0.418 e. The van der Waals surface area contributed by atoms with Gasteiger partial charge in [-0.2, -0.15) is 13.2 Å². The van der Waals surface area contributed by atoms with Gasteiger partial charge in [0.15, 0.2) is 0 Å². The summed E-state index contributed by atoms with van der Waals surface area (Å²) in [5.41, 5.74) is -0.619. The highest BCUT2D eigenvalue weighted by atomic mass is 32.2. The number of rotatable bonds is 5. The Morgan fingerprint density at radius 2 is 1.55 bits per heavy atom. The van der Waals surface area contributed by atoms with E-state index >= 15 is 0 Å². The molecule has 3 heterocycles. The number of benzene rings is 3. The van der Waals surface area contributed by atoms with Gasteiger partial charge in [-0.05, 0) is 42.0 Å². The summed E-state index contributed by atoms with van der Waals surface area (Å²) in [6.07, 6.45) is -4.71. The molecule has 3 amide bonds. The molecular weight excluding hydrogens is 594 g/mol. The van der Waals surface area contributed by atoms with Crippen molar-refractivity contribution in [1.29, 1.82) is 0 Å². The number of thiazole rings is 1. The molecule has 0 saturated carbocycles. The molecule has 3 aromatic carbocycles. The average Bonchev–Trinajstić information content (AvgIpc) is 3.40.